The molecule has 1 atom stereocenters. The summed E-state index contributed by atoms with van der Waals surface area (Å²) in [5.74, 6) is 3.61. The van der Waals surface area contributed by atoms with Gasteiger partial charge in [-0.25, -0.2) is 0 Å². The second kappa shape index (κ2) is 5.49. The van der Waals surface area contributed by atoms with Crippen LogP contribution in [0.15, 0.2) is 36.5 Å². The van der Waals surface area contributed by atoms with Crippen molar-refractivity contribution >= 4 is 27.2 Å². The maximum Gasteiger partial charge on any atom is 0.0749 e. The molecule has 0 saturated heterocycles. The summed E-state index contributed by atoms with van der Waals surface area (Å²) in [5.41, 5.74) is 6.40. The van der Waals surface area contributed by atoms with Gasteiger partial charge in [0, 0.05) is 29.4 Å². The number of para-hydroxylation sites is 1. The zero-order chi connectivity index (χ0) is 19.5. The van der Waals surface area contributed by atoms with Gasteiger partial charge in [0.05, 0.1) is 21.8 Å². The van der Waals surface area contributed by atoms with Crippen molar-refractivity contribution in [2.45, 2.75) is 57.5 Å². The highest BCUT2D eigenvalue weighted by atomic mass is 32.1. The molecule has 3 heteroatoms. The number of fused-ring (bicyclic) bond motifs is 3. The van der Waals surface area contributed by atoms with Crippen LogP contribution >= 0.6 is 11.3 Å². The number of anilines is 1. The third kappa shape index (κ3) is 1.90. The topological polar surface area (TPSA) is 8.17 Å². The van der Waals surface area contributed by atoms with Crippen LogP contribution < -0.4 is 4.90 Å². The third-order valence-electron chi connectivity index (χ3n) is 9.06. The maximum atomic E-state index is 2.93. The summed E-state index contributed by atoms with van der Waals surface area (Å²) in [6.45, 7) is 4.80. The third-order valence-corrected chi connectivity index (χ3v) is 10.4. The fourth-order valence-corrected chi connectivity index (χ4v) is 9.71. The Labute approximate surface area is 177 Å². The summed E-state index contributed by atoms with van der Waals surface area (Å²) in [5, 5.41) is 0. The first-order valence-corrected chi connectivity index (χ1v) is 12.3. The van der Waals surface area contributed by atoms with E-state index in [1.54, 1.807) is 16.0 Å². The highest BCUT2D eigenvalue weighted by Gasteiger charge is 2.65. The molecule has 0 amide bonds. The van der Waals surface area contributed by atoms with Crippen molar-refractivity contribution in [2.75, 3.05) is 4.90 Å². The summed E-state index contributed by atoms with van der Waals surface area (Å²) in [7, 11) is 2.26. The van der Waals surface area contributed by atoms with Gasteiger partial charge in [-0.2, -0.15) is 0 Å². The lowest BCUT2D eigenvalue weighted by molar-refractivity contribution is -0.0597. The molecule has 4 aliphatic carbocycles. The van der Waals surface area contributed by atoms with Crippen molar-refractivity contribution in [1.82, 2.24) is 4.57 Å². The summed E-state index contributed by atoms with van der Waals surface area (Å²) in [6, 6.07) is 12.0. The van der Waals surface area contributed by atoms with Gasteiger partial charge < -0.3 is 9.47 Å². The standard InChI is InChI=1S/C26H30N2S/c1-15-6-4-5-7-21(15)28-16(2)25-23(24-22(29-25)8-9-27(24)3)26(28)19-11-17-10-18(13-19)14-20(26)12-17/h4-9,16-20H,10-14H2,1-3H3. The quantitative estimate of drug-likeness (QED) is 0.435. The van der Waals surface area contributed by atoms with Gasteiger partial charge in [-0.1, -0.05) is 18.2 Å². The summed E-state index contributed by atoms with van der Waals surface area (Å²) < 4.78 is 3.92. The first-order valence-electron chi connectivity index (χ1n) is 11.5. The SMILES string of the molecule is Cc1ccccc1N1C(C)c2sc3ccn(C)c3c2C12C1CC3CC(C1)CC2C3. The molecule has 0 N–H and O–H groups in total. The number of rotatable bonds is 1. The minimum atomic E-state index is 0.207. The lowest BCUT2D eigenvalue weighted by atomic mass is 9.47. The molecule has 1 unspecified atom stereocenters. The predicted molar refractivity (Wildman–Crippen MR) is 122 cm³/mol. The van der Waals surface area contributed by atoms with Crippen LogP contribution in [0.1, 0.15) is 61.1 Å². The van der Waals surface area contributed by atoms with E-state index in [4.69, 9.17) is 0 Å². The molecule has 2 nitrogen and oxygen atoms in total. The number of nitrogens with zero attached hydrogens (tertiary/aromatic N) is 2. The Morgan fingerprint density at radius 2 is 1.66 bits per heavy atom. The molecule has 8 rings (SSSR count). The van der Waals surface area contributed by atoms with Gasteiger partial charge >= 0.3 is 0 Å². The number of thiophene rings is 1. The highest BCUT2D eigenvalue weighted by Crippen LogP contribution is 2.70. The van der Waals surface area contributed by atoms with E-state index in [-0.39, 0.29) is 5.54 Å². The molecule has 1 aliphatic heterocycles. The van der Waals surface area contributed by atoms with E-state index in [9.17, 15) is 0 Å². The summed E-state index contributed by atoms with van der Waals surface area (Å²) >= 11 is 2.08. The van der Waals surface area contributed by atoms with Crippen LogP contribution in [-0.2, 0) is 12.6 Å². The van der Waals surface area contributed by atoms with Gasteiger partial charge in [-0.05, 0) is 87.3 Å². The molecule has 2 aromatic heterocycles. The normalized spacial score (nSPS) is 37.2. The molecule has 4 bridgehead atoms. The van der Waals surface area contributed by atoms with Gasteiger partial charge in [-0.3, -0.25) is 0 Å². The van der Waals surface area contributed by atoms with Crippen LogP contribution in [0.2, 0.25) is 0 Å². The molecule has 0 radical (unpaired) electrons. The Morgan fingerprint density at radius 1 is 0.966 bits per heavy atom. The number of aromatic nitrogens is 1. The zero-order valence-electron chi connectivity index (χ0n) is 17.7. The molecular formula is C26H30N2S. The minimum absolute atomic E-state index is 0.207. The van der Waals surface area contributed by atoms with Crippen LogP contribution in [0.3, 0.4) is 0 Å². The smallest absolute Gasteiger partial charge is 0.0749 e. The lowest BCUT2D eigenvalue weighted by Crippen LogP contribution is -2.62. The monoisotopic (exact) mass is 402 g/mol. The fourth-order valence-electron chi connectivity index (χ4n) is 8.36. The Balaban J connectivity index is 1.56. The van der Waals surface area contributed by atoms with E-state index in [1.807, 2.05) is 0 Å². The first-order chi connectivity index (χ1) is 14.1. The lowest BCUT2D eigenvalue weighted by Gasteiger charge is -2.64. The molecule has 5 aliphatic rings. The van der Waals surface area contributed by atoms with Crippen LogP contribution in [0.5, 0.6) is 0 Å². The van der Waals surface area contributed by atoms with Crippen LogP contribution in [-0.4, -0.2) is 4.57 Å². The molecule has 3 aromatic rings. The van der Waals surface area contributed by atoms with Gasteiger partial charge in [0.25, 0.3) is 0 Å². The Kier molecular flexibility index (Phi) is 3.22. The van der Waals surface area contributed by atoms with Crippen LogP contribution in [0.25, 0.3) is 10.2 Å². The average molecular weight is 403 g/mol. The van der Waals surface area contributed by atoms with Crippen LogP contribution in [0, 0.1) is 30.6 Å². The van der Waals surface area contributed by atoms with E-state index >= 15 is 0 Å². The molecule has 1 spiro atoms. The largest absolute Gasteiger partial charge is 0.353 e. The van der Waals surface area contributed by atoms with Gasteiger partial charge in [0.2, 0.25) is 0 Å². The van der Waals surface area contributed by atoms with Crippen molar-refractivity contribution in [3.63, 3.8) is 0 Å². The highest BCUT2D eigenvalue weighted by molar-refractivity contribution is 7.19. The molecule has 4 saturated carbocycles. The van der Waals surface area contributed by atoms with E-state index in [2.05, 4.69) is 78.2 Å². The first kappa shape index (κ1) is 17.0. The molecule has 29 heavy (non-hydrogen) atoms. The van der Waals surface area contributed by atoms with E-state index < -0.39 is 0 Å². The molecule has 150 valence electrons. The number of benzene rings is 1. The molecule has 3 heterocycles. The predicted octanol–water partition coefficient (Wildman–Crippen LogP) is 6.78. The molecule has 4 fully saturated rings. The number of hydrogen-bond acceptors (Lipinski definition) is 2. The van der Waals surface area contributed by atoms with Crippen molar-refractivity contribution in [3.05, 3.63) is 52.5 Å². The molecule has 1 aromatic carbocycles. The zero-order valence-corrected chi connectivity index (χ0v) is 18.5. The summed E-state index contributed by atoms with van der Waals surface area (Å²) in [6.07, 6.45) is 9.59. The van der Waals surface area contributed by atoms with Gasteiger partial charge in [0.15, 0.2) is 0 Å². The molecular weight excluding hydrogens is 372 g/mol. The minimum Gasteiger partial charge on any atom is -0.353 e. The number of hydrogen-bond donors (Lipinski definition) is 0. The van der Waals surface area contributed by atoms with E-state index in [1.165, 1.54) is 48.1 Å². The second-order valence-corrected chi connectivity index (χ2v) is 11.5. The fraction of sp³-hybridized carbons (Fsp3) is 0.538. The van der Waals surface area contributed by atoms with Crippen molar-refractivity contribution in [2.24, 2.45) is 30.7 Å². The maximum absolute atomic E-state index is 2.93. The average Bonchev–Trinajstić information content (AvgIpc) is 3.31. The Bertz CT molecular complexity index is 1110. The van der Waals surface area contributed by atoms with E-state index in [0.717, 1.165) is 23.7 Å². The number of aryl methyl sites for hydroxylation is 2. The van der Waals surface area contributed by atoms with Gasteiger partial charge in [0.1, 0.15) is 0 Å². The van der Waals surface area contributed by atoms with Crippen molar-refractivity contribution in [1.29, 1.82) is 0 Å². The summed E-state index contributed by atoms with van der Waals surface area (Å²) in [4.78, 5) is 4.59. The van der Waals surface area contributed by atoms with Crippen LogP contribution in [0.4, 0.5) is 5.69 Å². The van der Waals surface area contributed by atoms with Gasteiger partial charge in [-0.15, -0.1) is 11.3 Å². The Morgan fingerprint density at radius 3 is 2.34 bits per heavy atom. The van der Waals surface area contributed by atoms with Crippen molar-refractivity contribution in [3.8, 4) is 0 Å². The Hall–Kier alpha value is -1.74. The van der Waals surface area contributed by atoms with Crippen molar-refractivity contribution < 1.29 is 0 Å². The second-order valence-electron chi connectivity index (χ2n) is 10.4. The van der Waals surface area contributed by atoms with E-state index in [0.29, 0.717) is 6.04 Å².